The maximum absolute atomic E-state index is 11.5. The van der Waals surface area contributed by atoms with Crippen LogP contribution in [0.25, 0.3) is 0 Å². The highest BCUT2D eigenvalue weighted by Crippen LogP contribution is 1.92. The van der Waals surface area contributed by atoms with E-state index in [4.69, 9.17) is 4.74 Å². The van der Waals surface area contributed by atoms with Gasteiger partial charge < -0.3 is 15.4 Å². The summed E-state index contributed by atoms with van der Waals surface area (Å²) in [6.45, 7) is 4.94. The van der Waals surface area contributed by atoms with Crippen molar-refractivity contribution in [2.24, 2.45) is 0 Å². The smallest absolute Gasteiger partial charge is 0.241 e. The summed E-state index contributed by atoms with van der Waals surface area (Å²) in [6.07, 6.45) is 2.86. The van der Waals surface area contributed by atoms with Gasteiger partial charge in [-0.2, -0.15) is 0 Å². The molecule has 0 saturated carbocycles. The molecule has 1 aromatic rings. The summed E-state index contributed by atoms with van der Waals surface area (Å²) in [6, 6.07) is 0. The Morgan fingerprint density at radius 3 is 3.06 bits per heavy atom. The fourth-order valence-electron chi connectivity index (χ4n) is 1.39. The van der Waals surface area contributed by atoms with Gasteiger partial charge in [-0.1, -0.05) is 12.1 Å². The lowest BCUT2D eigenvalue weighted by Crippen LogP contribution is -2.30. The van der Waals surface area contributed by atoms with Gasteiger partial charge in [0.15, 0.2) is 0 Å². The van der Waals surface area contributed by atoms with Crippen LogP contribution in [-0.4, -0.2) is 47.7 Å². The van der Waals surface area contributed by atoms with Crippen LogP contribution in [0.1, 0.15) is 19.0 Å². The van der Waals surface area contributed by atoms with Gasteiger partial charge in [0.1, 0.15) is 6.54 Å². The van der Waals surface area contributed by atoms with Crippen molar-refractivity contribution in [1.29, 1.82) is 0 Å². The topological polar surface area (TPSA) is 81.1 Å². The van der Waals surface area contributed by atoms with Crippen LogP contribution in [0, 0.1) is 0 Å². The number of aromatic nitrogens is 3. The van der Waals surface area contributed by atoms with Crippen LogP contribution in [0.5, 0.6) is 0 Å². The summed E-state index contributed by atoms with van der Waals surface area (Å²) < 4.78 is 6.38. The second-order valence-electron chi connectivity index (χ2n) is 3.93. The van der Waals surface area contributed by atoms with Crippen LogP contribution in [0.3, 0.4) is 0 Å². The third-order valence-corrected chi connectivity index (χ3v) is 2.25. The summed E-state index contributed by atoms with van der Waals surface area (Å²) in [5.41, 5.74) is 0.841. The number of rotatable bonds is 9. The van der Waals surface area contributed by atoms with Gasteiger partial charge in [-0.3, -0.25) is 4.79 Å². The van der Waals surface area contributed by atoms with Gasteiger partial charge in [-0.05, 0) is 13.0 Å². The molecule has 0 bridgehead atoms. The zero-order valence-corrected chi connectivity index (χ0v) is 11.0. The Bertz CT molecular complexity index is 353. The van der Waals surface area contributed by atoms with Gasteiger partial charge in [0.2, 0.25) is 5.91 Å². The number of hydrogen-bond acceptors (Lipinski definition) is 5. The van der Waals surface area contributed by atoms with E-state index in [1.54, 1.807) is 13.3 Å². The highest BCUT2D eigenvalue weighted by atomic mass is 16.5. The molecule has 0 aliphatic carbocycles. The SMILES string of the molecule is CCCNCc1cn(CC(=O)NCCOC)nn1. The molecule has 0 unspecified atom stereocenters. The molecule has 7 heteroatoms. The van der Waals surface area contributed by atoms with E-state index in [2.05, 4.69) is 27.9 Å². The average molecular weight is 255 g/mol. The number of ether oxygens (including phenoxy) is 1. The van der Waals surface area contributed by atoms with Gasteiger partial charge in [0.25, 0.3) is 0 Å². The minimum Gasteiger partial charge on any atom is -0.383 e. The minimum absolute atomic E-state index is 0.0926. The maximum Gasteiger partial charge on any atom is 0.241 e. The molecule has 0 fully saturated rings. The van der Waals surface area contributed by atoms with E-state index in [9.17, 15) is 4.79 Å². The van der Waals surface area contributed by atoms with Crippen molar-refractivity contribution >= 4 is 5.91 Å². The predicted molar refractivity (Wildman–Crippen MR) is 66.9 cm³/mol. The highest BCUT2D eigenvalue weighted by Gasteiger charge is 2.05. The lowest BCUT2D eigenvalue weighted by atomic mass is 10.4. The fourth-order valence-corrected chi connectivity index (χ4v) is 1.39. The van der Waals surface area contributed by atoms with Crippen molar-refractivity contribution in [2.75, 3.05) is 26.8 Å². The predicted octanol–water partition coefficient (Wildman–Crippen LogP) is -0.460. The molecule has 18 heavy (non-hydrogen) atoms. The Balaban J connectivity index is 2.27. The first kappa shape index (κ1) is 14.6. The Labute approximate surface area is 107 Å². The Morgan fingerprint density at radius 2 is 2.33 bits per heavy atom. The number of carbonyl (C=O) groups is 1. The lowest BCUT2D eigenvalue weighted by molar-refractivity contribution is -0.122. The van der Waals surface area contributed by atoms with Gasteiger partial charge in [0, 0.05) is 20.2 Å². The van der Waals surface area contributed by atoms with Crippen molar-refractivity contribution in [3.05, 3.63) is 11.9 Å². The van der Waals surface area contributed by atoms with E-state index in [1.807, 2.05) is 0 Å². The number of nitrogens with zero attached hydrogens (tertiary/aromatic N) is 3. The van der Waals surface area contributed by atoms with Gasteiger partial charge in [0.05, 0.1) is 18.5 Å². The van der Waals surface area contributed by atoms with E-state index in [-0.39, 0.29) is 12.5 Å². The van der Waals surface area contributed by atoms with Crippen LogP contribution in [0.2, 0.25) is 0 Å². The van der Waals surface area contributed by atoms with Crippen LogP contribution < -0.4 is 10.6 Å². The molecule has 1 heterocycles. The summed E-state index contributed by atoms with van der Waals surface area (Å²) in [5.74, 6) is -0.0926. The van der Waals surface area contributed by atoms with Crippen molar-refractivity contribution < 1.29 is 9.53 Å². The first-order valence-corrected chi connectivity index (χ1v) is 6.11. The summed E-state index contributed by atoms with van der Waals surface area (Å²) in [7, 11) is 1.60. The van der Waals surface area contributed by atoms with E-state index in [0.29, 0.717) is 19.7 Å². The highest BCUT2D eigenvalue weighted by molar-refractivity contribution is 5.75. The molecule has 7 nitrogen and oxygen atoms in total. The van der Waals surface area contributed by atoms with E-state index in [0.717, 1.165) is 18.7 Å². The molecule has 2 N–H and O–H groups in total. The second-order valence-corrected chi connectivity index (χ2v) is 3.93. The summed E-state index contributed by atoms with van der Waals surface area (Å²) in [4.78, 5) is 11.5. The molecule has 0 radical (unpaired) electrons. The molecular weight excluding hydrogens is 234 g/mol. The van der Waals surface area contributed by atoms with Crippen LogP contribution in [0.4, 0.5) is 0 Å². The van der Waals surface area contributed by atoms with Crippen LogP contribution in [0.15, 0.2) is 6.20 Å². The van der Waals surface area contributed by atoms with Crippen molar-refractivity contribution in [3.63, 3.8) is 0 Å². The molecule has 0 saturated heterocycles. The first-order valence-electron chi connectivity index (χ1n) is 6.11. The largest absolute Gasteiger partial charge is 0.383 e. The van der Waals surface area contributed by atoms with Gasteiger partial charge in [-0.15, -0.1) is 5.10 Å². The number of nitrogens with one attached hydrogen (secondary N) is 2. The molecule has 0 aromatic carbocycles. The number of hydrogen-bond donors (Lipinski definition) is 2. The molecule has 0 aliphatic heterocycles. The molecule has 1 aromatic heterocycles. The molecule has 102 valence electrons. The second kappa shape index (κ2) is 8.60. The number of methoxy groups -OCH3 is 1. The maximum atomic E-state index is 11.5. The van der Waals surface area contributed by atoms with Gasteiger partial charge in [-0.25, -0.2) is 4.68 Å². The zero-order valence-electron chi connectivity index (χ0n) is 11.0. The molecular formula is C11H21N5O2. The minimum atomic E-state index is -0.0926. The monoisotopic (exact) mass is 255 g/mol. The van der Waals surface area contributed by atoms with Crippen LogP contribution >= 0.6 is 0 Å². The molecule has 0 aliphatic rings. The fraction of sp³-hybridized carbons (Fsp3) is 0.727. The third-order valence-electron chi connectivity index (χ3n) is 2.25. The van der Waals surface area contributed by atoms with Crippen LogP contribution in [-0.2, 0) is 22.6 Å². The lowest BCUT2D eigenvalue weighted by Gasteiger charge is -2.03. The normalized spacial score (nSPS) is 10.6. The van der Waals surface area contributed by atoms with Gasteiger partial charge >= 0.3 is 0 Å². The number of carbonyl (C=O) groups excluding carboxylic acids is 1. The van der Waals surface area contributed by atoms with E-state index in [1.165, 1.54) is 4.68 Å². The molecule has 0 spiro atoms. The van der Waals surface area contributed by atoms with E-state index >= 15 is 0 Å². The van der Waals surface area contributed by atoms with Crippen molar-refractivity contribution in [2.45, 2.75) is 26.4 Å². The Morgan fingerprint density at radius 1 is 1.50 bits per heavy atom. The van der Waals surface area contributed by atoms with Crippen molar-refractivity contribution in [1.82, 2.24) is 25.6 Å². The zero-order chi connectivity index (χ0) is 13.2. The Kier molecular flexibility index (Phi) is 6.97. The molecule has 0 atom stereocenters. The molecule has 1 amide bonds. The van der Waals surface area contributed by atoms with Crippen molar-refractivity contribution in [3.8, 4) is 0 Å². The quantitative estimate of drug-likeness (QED) is 0.584. The molecule has 1 rings (SSSR count). The summed E-state index contributed by atoms with van der Waals surface area (Å²) in [5, 5.41) is 13.8. The Hall–Kier alpha value is -1.47. The first-order chi connectivity index (χ1) is 8.76. The third kappa shape index (κ3) is 5.74. The van der Waals surface area contributed by atoms with E-state index < -0.39 is 0 Å². The standard InChI is InChI=1S/C11H21N5O2/c1-3-4-12-7-10-8-16(15-14-10)9-11(17)13-5-6-18-2/h8,12H,3-7,9H2,1-2H3,(H,13,17). The number of amides is 1. The average Bonchev–Trinajstić information content (AvgIpc) is 2.77. The summed E-state index contributed by atoms with van der Waals surface area (Å²) >= 11 is 0.